The molecule has 1 fully saturated rings. The lowest BCUT2D eigenvalue weighted by atomic mass is 10.1. The number of ether oxygens (including phenoxy) is 1. The number of primary sulfonamides is 1. The minimum Gasteiger partial charge on any atom is -0.454 e. The predicted molar refractivity (Wildman–Crippen MR) is 146 cm³/mol. The van der Waals surface area contributed by atoms with Crippen LogP contribution >= 0.6 is 15.9 Å². The first-order valence-corrected chi connectivity index (χ1v) is 14.1. The molecule has 3 aromatic carbocycles. The Bertz CT molecular complexity index is 1510. The molecule has 0 bridgehead atoms. The van der Waals surface area contributed by atoms with E-state index in [1.54, 1.807) is 36.4 Å². The van der Waals surface area contributed by atoms with E-state index in [2.05, 4.69) is 21.2 Å². The number of imide groups is 1. The summed E-state index contributed by atoms with van der Waals surface area (Å²) in [6, 6.07) is 17.8. The first kappa shape index (κ1) is 28.3. The third kappa shape index (κ3) is 7.03. The molecule has 2 amide bonds. The molecule has 1 aliphatic heterocycles. The van der Waals surface area contributed by atoms with Crippen LogP contribution in [0.15, 0.2) is 82.2 Å². The van der Waals surface area contributed by atoms with Gasteiger partial charge in [-0.15, -0.1) is 0 Å². The van der Waals surface area contributed by atoms with Crippen LogP contribution in [0.2, 0.25) is 0 Å². The number of rotatable bonds is 10. The maximum absolute atomic E-state index is 12.9. The number of halogens is 1. The van der Waals surface area contributed by atoms with E-state index in [0.29, 0.717) is 24.2 Å². The minimum absolute atomic E-state index is 0.0138. The Balaban J connectivity index is 1.29. The van der Waals surface area contributed by atoms with E-state index in [1.165, 1.54) is 36.4 Å². The molecule has 1 aliphatic rings. The smallest absolute Gasteiger partial charge is 0.338 e. The van der Waals surface area contributed by atoms with Crippen LogP contribution in [0.5, 0.6) is 0 Å². The lowest BCUT2D eigenvalue weighted by molar-refractivity contribution is -0.121. The van der Waals surface area contributed by atoms with Crippen LogP contribution in [0.3, 0.4) is 0 Å². The molecule has 0 radical (unpaired) electrons. The highest BCUT2D eigenvalue weighted by molar-refractivity contribution is 9.10. The maximum Gasteiger partial charge on any atom is 0.338 e. The Labute approximate surface area is 233 Å². The standard InChI is InChI=1S/C27H24BrN3O7S/c28-20-7-3-18(4-8-20)24(32)16-38-27(35)19-5-9-21(10-6-19)31-25(33)15-23(26(31)34)30-14-13-17-1-11-22(12-2-17)39(29,36)37/h1-12,23,30H,13-16H2,(H2,29,36,37). The summed E-state index contributed by atoms with van der Waals surface area (Å²) in [5.41, 5.74) is 1.74. The molecule has 3 N–H and O–H groups in total. The van der Waals surface area contributed by atoms with Crippen LogP contribution in [0.4, 0.5) is 5.69 Å². The van der Waals surface area contributed by atoms with E-state index in [0.717, 1.165) is 14.9 Å². The fraction of sp³-hybridized carbons (Fsp3) is 0.185. The molecular weight excluding hydrogens is 590 g/mol. The van der Waals surface area contributed by atoms with Crippen LogP contribution in [0.25, 0.3) is 0 Å². The molecule has 10 nitrogen and oxygen atoms in total. The molecule has 1 saturated heterocycles. The third-order valence-electron chi connectivity index (χ3n) is 6.06. The van der Waals surface area contributed by atoms with E-state index in [-0.39, 0.29) is 28.6 Å². The molecule has 1 atom stereocenters. The van der Waals surface area contributed by atoms with Gasteiger partial charge in [-0.25, -0.2) is 23.3 Å². The monoisotopic (exact) mass is 613 g/mol. The van der Waals surface area contributed by atoms with E-state index in [9.17, 15) is 27.6 Å². The number of carbonyl (C=O) groups excluding carboxylic acids is 4. The van der Waals surface area contributed by atoms with Crippen molar-refractivity contribution < 1.29 is 32.3 Å². The maximum atomic E-state index is 12.9. The number of esters is 1. The van der Waals surface area contributed by atoms with Crippen molar-refractivity contribution in [2.24, 2.45) is 5.14 Å². The van der Waals surface area contributed by atoms with Gasteiger partial charge < -0.3 is 10.1 Å². The van der Waals surface area contributed by atoms with Crippen molar-refractivity contribution in [2.75, 3.05) is 18.1 Å². The Morgan fingerprint density at radius 1 is 0.949 bits per heavy atom. The number of sulfonamides is 1. The van der Waals surface area contributed by atoms with Gasteiger partial charge >= 0.3 is 5.97 Å². The van der Waals surface area contributed by atoms with Gasteiger partial charge in [0.25, 0.3) is 5.91 Å². The summed E-state index contributed by atoms with van der Waals surface area (Å²) in [7, 11) is -3.77. The summed E-state index contributed by atoms with van der Waals surface area (Å²) in [5, 5.41) is 8.16. The number of anilines is 1. The summed E-state index contributed by atoms with van der Waals surface area (Å²) >= 11 is 3.29. The number of nitrogens with one attached hydrogen (secondary N) is 1. The average Bonchev–Trinajstić information content (AvgIpc) is 3.19. The van der Waals surface area contributed by atoms with Crippen LogP contribution < -0.4 is 15.4 Å². The van der Waals surface area contributed by atoms with Crippen molar-refractivity contribution in [2.45, 2.75) is 23.8 Å². The van der Waals surface area contributed by atoms with Gasteiger partial charge in [-0.3, -0.25) is 14.4 Å². The van der Waals surface area contributed by atoms with Crippen LogP contribution in [0, 0.1) is 0 Å². The fourth-order valence-corrected chi connectivity index (χ4v) is 4.76. The topological polar surface area (TPSA) is 153 Å². The van der Waals surface area contributed by atoms with Gasteiger partial charge in [0.1, 0.15) is 0 Å². The lowest BCUT2D eigenvalue weighted by Crippen LogP contribution is -2.39. The number of nitrogens with zero attached hydrogens (tertiary/aromatic N) is 1. The highest BCUT2D eigenvalue weighted by Crippen LogP contribution is 2.24. The first-order chi connectivity index (χ1) is 18.5. The molecule has 202 valence electrons. The van der Waals surface area contributed by atoms with Crippen molar-refractivity contribution in [1.29, 1.82) is 0 Å². The van der Waals surface area contributed by atoms with Crippen molar-refractivity contribution >= 4 is 55.2 Å². The number of nitrogens with two attached hydrogens (primary N) is 1. The van der Waals surface area contributed by atoms with Gasteiger partial charge in [-0.2, -0.15) is 0 Å². The Morgan fingerprint density at radius 2 is 1.56 bits per heavy atom. The predicted octanol–water partition coefficient (Wildman–Crippen LogP) is 2.60. The summed E-state index contributed by atoms with van der Waals surface area (Å²) < 4.78 is 28.7. The zero-order valence-electron chi connectivity index (χ0n) is 20.5. The van der Waals surface area contributed by atoms with Crippen molar-refractivity contribution in [3.8, 4) is 0 Å². The van der Waals surface area contributed by atoms with Crippen LogP contribution in [-0.2, 0) is 30.8 Å². The molecule has 3 aromatic rings. The zero-order chi connectivity index (χ0) is 28.2. The number of benzene rings is 3. The summed E-state index contributed by atoms with van der Waals surface area (Å²) in [6.07, 6.45) is 0.481. The average molecular weight is 614 g/mol. The molecule has 12 heteroatoms. The number of carbonyl (C=O) groups is 4. The van der Waals surface area contributed by atoms with Gasteiger partial charge in [0, 0.05) is 10.0 Å². The number of Topliss-reactive ketones (excluding diaryl/α,β-unsaturated/α-hetero) is 1. The Hall–Kier alpha value is -3.71. The van der Waals surface area contributed by atoms with Crippen LogP contribution in [-0.4, -0.2) is 51.2 Å². The molecule has 1 heterocycles. The summed E-state index contributed by atoms with van der Waals surface area (Å²) in [4.78, 5) is 51.1. The van der Waals surface area contributed by atoms with Crippen molar-refractivity contribution in [3.63, 3.8) is 0 Å². The molecule has 0 saturated carbocycles. The molecule has 0 aromatic heterocycles. The second-order valence-corrected chi connectivity index (χ2v) is 11.2. The van der Waals surface area contributed by atoms with Crippen molar-refractivity contribution in [3.05, 3.63) is 94.0 Å². The third-order valence-corrected chi connectivity index (χ3v) is 7.52. The summed E-state index contributed by atoms with van der Waals surface area (Å²) in [6.45, 7) is -0.0368. The minimum atomic E-state index is -3.77. The lowest BCUT2D eigenvalue weighted by Gasteiger charge is -2.16. The Morgan fingerprint density at radius 3 is 2.18 bits per heavy atom. The van der Waals surface area contributed by atoms with E-state index >= 15 is 0 Å². The first-order valence-electron chi connectivity index (χ1n) is 11.8. The highest BCUT2D eigenvalue weighted by atomic mass is 79.9. The van der Waals surface area contributed by atoms with Crippen molar-refractivity contribution in [1.82, 2.24) is 5.32 Å². The largest absolute Gasteiger partial charge is 0.454 e. The Kier molecular flexibility index (Phi) is 8.70. The van der Waals surface area contributed by atoms with E-state index < -0.39 is 34.5 Å². The second kappa shape index (κ2) is 12.0. The van der Waals surface area contributed by atoms with E-state index in [4.69, 9.17) is 9.88 Å². The zero-order valence-corrected chi connectivity index (χ0v) is 22.9. The quantitative estimate of drug-likeness (QED) is 0.201. The summed E-state index contributed by atoms with van der Waals surface area (Å²) in [5.74, 6) is -1.85. The number of ketones is 1. The van der Waals surface area contributed by atoms with E-state index in [1.807, 2.05) is 0 Å². The molecular formula is C27H24BrN3O7S. The normalized spacial score (nSPS) is 15.4. The fourth-order valence-electron chi connectivity index (χ4n) is 3.98. The van der Waals surface area contributed by atoms with Gasteiger partial charge in [0.15, 0.2) is 12.4 Å². The van der Waals surface area contributed by atoms with Gasteiger partial charge in [0.2, 0.25) is 15.9 Å². The van der Waals surface area contributed by atoms with Gasteiger partial charge in [0.05, 0.1) is 28.6 Å². The molecule has 0 spiro atoms. The highest BCUT2D eigenvalue weighted by Gasteiger charge is 2.39. The number of hydrogen-bond acceptors (Lipinski definition) is 8. The molecule has 1 unspecified atom stereocenters. The second-order valence-electron chi connectivity index (χ2n) is 8.77. The molecule has 4 rings (SSSR count). The number of amides is 2. The van der Waals surface area contributed by atoms with Crippen LogP contribution in [0.1, 0.15) is 32.7 Å². The number of hydrogen-bond donors (Lipinski definition) is 2. The molecule has 0 aliphatic carbocycles. The SMILES string of the molecule is NS(=O)(=O)c1ccc(CCNC2CC(=O)N(c3ccc(C(=O)OCC(=O)c4ccc(Br)cc4)cc3)C2=O)cc1. The molecule has 39 heavy (non-hydrogen) atoms. The van der Waals surface area contributed by atoms with Gasteiger partial charge in [-0.05, 0) is 67.1 Å². The van der Waals surface area contributed by atoms with Gasteiger partial charge in [-0.1, -0.05) is 40.2 Å².